The van der Waals surface area contributed by atoms with E-state index in [1.165, 1.54) is 0 Å². The van der Waals surface area contributed by atoms with Crippen LogP contribution < -0.4 is 5.32 Å². The Kier molecular flexibility index (Phi) is 2.62. The van der Waals surface area contributed by atoms with E-state index in [9.17, 15) is 14.4 Å². The van der Waals surface area contributed by atoms with E-state index in [0.717, 1.165) is 11.1 Å². The number of fused-ring (bicyclic) bond motifs is 1. The molecular weight excluding hydrogens is 244 g/mol. The third kappa shape index (κ3) is 1.82. The Morgan fingerprint density at radius 3 is 2.74 bits per heavy atom. The molecule has 2 aliphatic heterocycles. The molecule has 5 nitrogen and oxygen atoms in total. The Balaban J connectivity index is 1.90. The third-order valence-corrected chi connectivity index (χ3v) is 3.82. The van der Waals surface area contributed by atoms with Gasteiger partial charge >= 0.3 is 0 Å². The number of aryl methyl sites for hydroxylation is 1. The van der Waals surface area contributed by atoms with E-state index in [-0.39, 0.29) is 24.1 Å². The van der Waals surface area contributed by atoms with Crippen molar-refractivity contribution in [3.8, 4) is 0 Å². The van der Waals surface area contributed by atoms with Crippen LogP contribution in [0.2, 0.25) is 0 Å². The number of imide groups is 1. The van der Waals surface area contributed by atoms with Crippen molar-refractivity contribution in [2.24, 2.45) is 0 Å². The number of amides is 3. The van der Waals surface area contributed by atoms with Gasteiger partial charge < -0.3 is 4.90 Å². The van der Waals surface area contributed by atoms with E-state index in [4.69, 9.17) is 0 Å². The van der Waals surface area contributed by atoms with E-state index < -0.39 is 6.04 Å². The van der Waals surface area contributed by atoms with E-state index in [1.807, 2.05) is 19.1 Å². The molecule has 3 rings (SSSR count). The van der Waals surface area contributed by atoms with Crippen LogP contribution in [0.5, 0.6) is 0 Å². The lowest BCUT2D eigenvalue weighted by Crippen LogP contribution is -2.52. The van der Waals surface area contributed by atoms with Gasteiger partial charge in [-0.15, -0.1) is 0 Å². The highest BCUT2D eigenvalue weighted by Gasteiger charge is 2.39. The minimum Gasteiger partial charge on any atom is -0.322 e. The molecule has 0 aromatic heterocycles. The topological polar surface area (TPSA) is 66.5 Å². The molecule has 2 heterocycles. The summed E-state index contributed by atoms with van der Waals surface area (Å²) >= 11 is 0. The minimum absolute atomic E-state index is 0.117. The van der Waals surface area contributed by atoms with E-state index in [0.29, 0.717) is 18.5 Å². The highest BCUT2D eigenvalue weighted by Crippen LogP contribution is 2.29. The van der Waals surface area contributed by atoms with Crippen LogP contribution in [0.3, 0.4) is 0 Å². The number of rotatable bonds is 1. The fourth-order valence-electron chi connectivity index (χ4n) is 2.74. The van der Waals surface area contributed by atoms with Crippen LogP contribution in [-0.4, -0.2) is 28.7 Å². The van der Waals surface area contributed by atoms with Crippen molar-refractivity contribution in [2.75, 3.05) is 0 Å². The molecule has 5 heteroatoms. The minimum atomic E-state index is -0.531. The summed E-state index contributed by atoms with van der Waals surface area (Å²) in [7, 11) is 0. The molecule has 1 atom stereocenters. The Hall–Kier alpha value is -2.17. The molecule has 0 saturated carbocycles. The van der Waals surface area contributed by atoms with Crippen molar-refractivity contribution >= 4 is 17.7 Å². The van der Waals surface area contributed by atoms with Gasteiger partial charge in [0, 0.05) is 18.5 Å². The van der Waals surface area contributed by atoms with Gasteiger partial charge in [-0.2, -0.15) is 0 Å². The van der Waals surface area contributed by atoms with E-state index in [2.05, 4.69) is 5.32 Å². The third-order valence-electron chi connectivity index (χ3n) is 3.82. The smallest absolute Gasteiger partial charge is 0.255 e. The van der Waals surface area contributed by atoms with Crippen LogP contribution in [-0.2, 0) is 16.1 Å². The molecule has 0 radical (unpaired) electrons. The quantitative estimate of drug-likeness (QED) is 0.756. The first-order valence-electron chi connectivity index (χ1n) is 6.31. The van der Waals surface area contributed by atoms with Crippen molar-refractivity contribution < 1.29 is 14.4 Å². The molecule has 0 unspecified atom stereocenters. The predicted molar refractivity (Wildman–Crippen MR) is 67.2 cm³/mol. The first kappa shape index (κ1) is 11.9. The molecule has 0 bridgehead atoms. The number of nitrogens with one attached hydrogen (secondary N) is 1. The van der Waals surface area contributed by atoms with Crippen LogP contribution in [0, 0.1) is 6.92 Å². The average Bonchev–Trinajstić information content (AvgIpc) is 2.69. The zero-order valence-corrected chi connectivity index (χ0v) is 10.6. The van der Waals surface area contributed by atoms with E-state index in [1.54, 1.807) is 11.0 Å². The summed E-state index contributed by atoms with van der Waals surface area (Å²) in [6, 6.07) is 5.06. The van der Waals surface area contributed by atoms with Crippen LogP contribution >= 0.6 is 0 Å². The number of hydrogen-bond acceptors (Lipinski definition) is 3. The zero-order valence-electron chi connectivity index (χ0n) is 10.6. The summed E-state index contributed by atoms with van der Waals surface area (Å²) in [4.78, 5) is 36.9. The number of piperidine rings is 1. The number of benzene rings is 1. The largest absolute Gasteiger partial charge is 0.322 e. The molecule has 3 amide bonds. The number of carbonyl (C=O) groups excluding carboxylic acids is 3. The second kappa shape index (κ2) is 4.19. The van der Waals surface area contributed by atoms with E-state index >= 15 is 0 Å². The van der Waals surface area contributed by atoms with Crippen LogP contribution in [0.15, 0.2) is 18.2 Å². The van der Waals surface area contributed by atoms with Crippen molar-refractivity contribution in [3.05, 3.63) is 34.9 Å². The summed E-state index contributed by atoms with van der Waals surface area (Å²) in [5.41, 5.74) is 2.71. The molecule has 1 N–H and O–H groups in total. The molecule has 1 saturated heterocycles. The number of hydrogen-bond donors (Lipinski definition) is 1. The van der Waals surface area contributed by atoms with Crippen molar-refractivity contribution in [2.45, 2.75) is 32.4 Å². The second-order valence-corrected chi connectivity index (χ2v) is 5.00. The van der Waals surface area contributed by atoms with Gasteiger partial charge in [0.1, 0.15) is 6.04 Å². The van der Waals surface area contributed by atoms with Gasteiger partial charge in [0.2, 0.25) is 11.8 Å². The summed E-state index contributed by atoms with van der Waals surface area (Å²) in [6.45, 7) is 2.41. The van der Waals surface area contributed by atoms with Gasteiger partial charge in [0.25, 0.3) is 5.91 Å². The number of carbonyl (C=O) groups is 3. The highest BCUT2D eigenvalue weighted by molar-refractivity contribution is 6.05. The maximum atomic E-state index is 12.3. The molecule has 1 aromatic rings. The van der Waals surface area contributed by atoms with Gasteiger partial charge in [-0.05, 0) is 30.5 Å². The van der Waals surface area contributed by atoms with Crippen LogP contribution in [0.4, 0.5) is 0 Å². The Bertz CT molecular complexity index is 594. The molecule has 19 heavy (non-hydrogen) atoms. The summed E-state index contributed by atoms with van der Waals surface area (Å²) in [5, 5.41) is 2.30. The van der Waals surface area contributed by atoms with Gasteiger partial charge in [-0.3, -0.25) is 19.7 Å². The zero-order chi connectivity index (χ0) is 13.6. The SMILES string of the molecule is Cc1cccc2c1CN([C@H]1CCC(=O)NC1=O)C2=O. The van der Waals surface area contributed by atoms with Gasteiger partial charge in [0.05, 0.1) is 0 Å². The van der Waals surface area contributed by atoms with Crippen LogP contribution in [0.1, 0.15) is 34.3 Å². The van der Waals surface area contributed by atoms with Gasteiger partial charge in [-0.25, -0.2) is 0 Å². The summed E-state index contributed by atoms with van der Waals surface area (Å²) in [5.74, 6) is -0.746. The Morgan fingerprint density at radius 1 is 1.26 bits per heavy atom. The average molecular weight is 258 g/mol. The normalized spacial score (nSPS) is 22.5. The van der Waals surface area contributed by atoms with Gasteiger partial charge in [-0.1, -0.05) is 12.1 Å². The Labute approximate surface area is 110 Å². The maximum Gasteiger partial charge on any atom is 0.255 e. The van der Waals surface area contributed by atoms with Gasteiger partial charge in [0.15, 0.2) is 0 Å². The van der Waals surface area contributed by atoms with Crippen molar-refractivity contribution in [1.82, 2.24) is 10.2 Å². The number of nitrogens with zero attached hydrogens (tertiary/aromatic N) is 1. The van der Waals surface area contributed by atoms with Crippen molar-refractivity contribution in [1.29, 1.82) is 0 Å². The highest BCUT2D eigenvalue weighted by atomic mass is 16.2. The van der Waals surface area contributed by atoms with Crippen LogP contribution in [0.25, 0.3) is 0 Å². The summed E-state index contributed by atoms with van der Waals surface area (Å²) in [6.07, 6.45) is 0.693. The molecule has 0 spiro atoms. The lowest BCUT2D eigenvalue weighted by Gasteiger charge is -2.29. The fourth-order valence-corrected chi connectivity index (χ4v) is 2.74. The second-order valence-electron chi connectivity index (χ2n) is 5.00. The molecule has 98 valence electrons. The molecular formula is C14H14N2O3. The van der Waals surface area contributed by atoms with Crippen molar-refractivity contribution in [3.63, 3.8) is 0 Å². The maximum absolute atomic E-state index is 12.3. The summed E-state index contributed by atoms with van der Waals surface area (Å²) < 4.78 is 0. The molecule has 2 aliphatic rings. The fraction of sp³-hybridized carbons (Fsp3) is 0.357. The monoisotopic (exact) mass is 258 g/mol. The lowest BCUT2D eigenvalue weighted by atomic mass is 10.0. The first-order valence-corrected chi connectivity index (χ1v) is 6.31. The Morgan fingerprint density at radius 2 is 2.05 bits per heavy atom. The molecule has 1 aromatic carbocycles. The standard InChI is InChI=1S/C14H14N2O3/c1-8-3-2-4-9-10(8)7-16(14(9)19)11-5-6-12(17)15-13(11)18/h2-4,11H,5-7H2,1H3,(H,15,17,18)/t11-/m0/s1. The predicted octanol–water partition coefficient (Wildman–Crippen LogP) is 0.756. The molecule has 1 fully saturated rings. The first-order chi connectivity index (χ1) is 9.08. The molecule has 0 aliphatic carbocycles. The lowest BCUT2D eigenvalue weighted by molar-refractivity contribution is -0.136.